The number of hydrogen-bond donors (Lipinski definition) is 5. The molecule has 0 radical (unpaired) electrons. The summed E-state index contributed by atoms with van der Waals surface area (Å²) in [6.07, 6.45) is 3.54. The first-order chi connectivity index (χ1) is 44.8. The van der Waals surface area contributed by atoms with Crippen LogP contribution >= 0.6 is 0 Å². The molecule has 11 amide bonds. The van der Waals surface area contributed by atoms with Gasteiger partial charge in [0.15, 0.2) is 5.60 Å². The minimum Gasteiger partial charge on any atom is -0.458 e. The second kappa shape index (κ2) is 29.6. The second-order valence-electron chi connectivity index (χ2n) is 25.0. The summed E-state index contributed by atoms with van der Waals surface area (Å²) in [5.74, 6) is -6.90. The molecule has 3 aliphatic heterocycles. The van der Waals surface area contributed by atoms with Gasteiger partial charge in [-0.05, 0) is 97.9 Å². The van der Waals surface area contributed by atoms with Gasteiger partial charge >= 0.3 is 12.1 Å². The van der Waals surface area contributed by atoms with E-state index in [1.807, 2.05) is 0 Å². The first-order valence-corrected chi connectivity index (χ1v) is 31.3. The lowest BCUT2D eigenvalue weighted by Crippen LogP contribution is -2.53. The van der Waals surface area contributed by atoms with Gasteiger partial charge < -0.3 is 64.9 Å². The molecule has 29 heteroatoms. The summed E-state index contributed by atoms with van der Waals surface area (Å²) < 4.78 is 28.3. The SMILES string of the molecule is CC[C@@]1(O)C(=O)OCc2c1cc1n(c2=O)Cc2c-1nc1cc(F)c(C)c3c1c2[C@@H](NC(=O)OCc1ccc(NC(=O)[C@H](C)NC(=O)C(NC(=O)CCCCCN2C(=O)C=CC2=O)C(C)C)cc1CN(C)C(=O)CN(C)C(=O)CN(C)C(=O)CN(C)C(=O)CN(C)C(C)=O)CC3. The Kier molecular flexibility index (Phi) is 22.1. The maximum atomic E-state index is 15.7. The van der Waals surface area contributed by atoms with Crippen LogP contribution in [0.2, 0.25) is 0 Å². The summed E-state index contributed by atoms with van der Waals surface area (Å²) in [6, 6.07) is 4.49. The fourth-order valence-electron chi connectivity index (χ4n) is 11.8. The minimum atomic E-state index is -2.11. The zero-order chi connectivity index (χ0) is 69.7. The standard InChI is InChI=1S/C66H81FN12O16/c1-12-66(93)45-25-49-60-43(28-79(49)63(90)44(45)34-94-64(66)91)58-47(20-19-42-36(4)46(67)26-48(70-60)57(42)58)71-65(92)95-33-39-17-18-41(69-61(88)37(5)68-62(89)59(35(2)3)72-50(81)16-14-13-15-23-78-51(82)21-22-52(78)83)24-40(39)27-74(8)54(85)30-76(10)56(87)32-77(11)55(86)31-75(9)53(84)29-73(7)38(6)80/h17-18,21-22,24-26,35,37,47,59,93H,12-16,19-20,23,27-34H2,1-11H3,(H,68,89)(H,69,88)(H,71,92)(H,72,81)/t37-,47-,59?,66-/m0/s1. The average molecular weight is 1320 g/mol. The third-order valence-electron chi connectivity index (χ3n) is 17.8. The molecule has 0 bridgehead atoms. The van der Waals surface area contributed by atoms with E-state index in [-0.39, 0.29) is 104 Å². The largest absolute Gasteiger partial charge is 0.458 e. The number of likely N-dealkylation sites (N-methyl/N-ethyl adjacent to an activating group) is 5. The summed E-state index contributed by atoms with van der Waals surface area (Å²) in [5.41, 5.74) is 1.53. The summed E-state index contributed by atoms with van der Waals surface area (Å²) in [6.45, 7) is 7.12. The van der Waals surface area contributed by atoms with Gasteiger partial charge in [-0.2, -0.15) is 0 Å². The highest BCUT2D eigenvalue weighted by Crippen LogP contribution is 2.46. The van der Waals surface area contributed by atoms with Crippen LogP contribution in [-0.4, -0.2) is 195 Å². The number of amides is 11. The monoisotopic (exact) mass is 1320 g/mol. The van der Waals surface area contributed by atoms with Crippen molar-refractivity contribution in [2.75, 3.05) is 73.3 Å². The molecule has 28 nitrogen and oxygen atoms in total. The molecule has 95 heavy (non-hydrogen) atoms. The number of carbonyl (C=O) groups is 12. The average Bonchev–Trinajstić information content (AvgIpc) is 1.62. The van der Waals surface area contributed by atoms with Gasteiger partial charge in [-0.25, -0.2) is 19.0 Å². The van der Waals surface area contributed by atoms with Crippen molar-refractivity contribution < 1.29 is 76.5 Å². The van der Waals surface area contributed by atoms with Crippen LogP contribution in [0.1, 0.15) is 124 Å². The summed E-state index contributed by atoms with van der Waals surface area (Å²) in [5, 5.41) is 23.3. The van der Waals surface area contributed by atoms with E-state index in [4.69, 9.17) is 14.5 Å². The number of nitrogens with zero attached hydrogens (tertiary/aromatic N) is 8. The zero-order valence-electron chi connectivity index (χ0n) is 55.2. The van der Waals surface area contributed by atoms with Gasteiger partial charge in [-0.15, -0.1) is 0 Å². The lowest BCUT2D eigenvalue weighted by molar-refractivity contribution is -0.172. The maximum Gasteiger partial charge on any atom is 0.407 e. The lowest BCUT2D eigenvalue weighted by atomic mass is 9.81. The predicted molar refractivity (Wildman–Crippen MR) is 340 cm³/mol. The second-order valence-corrected chi connectivity index (χ2v) is 25.0. The molecule has 0 spiro atoms. The van der Waals surface area contributed by atoms with E-state index in [9.17, 15) is 67.4 Å². The van der Waals surface area contributed by atoms with Crippen molar-refractivity contribution >= 4 is 87.7 Å². The first kappa shape index (κ1) is 70.9. The number of alkyl carbamates (subject to hydrolysis) is 1. The fraction of sp³-hybridized carbons (Fsp3) is 0.485. The molecule has 2 aromatic heterocycles. The molecule has 4 atom stereocenters. The zero-order valence-corrected chi connectivity index (χ0v) is 55.2. The molecule has 1 aliphatic carbocycles. The number of halogens is 1. The van der Waals surface area contributed by atoms with Gasteiger partial charge in [0.2, 0.25) is 47.3 Å². The number of ether oxygens (including phenoxy) is 2. The summed E-state index contributed by atoms with van der Waals surface area (Å²) in [7, 11) is 7.01. The Labute approximate surface area is 547 Å². The normalized spacial score (nSPS) is 16.4. The van der Waals surface area contributed by atoms with E-state index in [2.05, 4.69) is 21.3 Å². The number of aromatic nitrogens is 2. The van der Waals surface area contributed by atoms with E-state index in [0.717, 1.165) is 19.6 Å². The molecule has 1 unspecified atom stereocenters. The third-order valence-corrected chi connectivity index (χ3v) is 17.8. The van der Waals surface area contributed by atoms with Crippen LogP contribution in [0.15, 0.2) is 47.3 Å². The molecular formula is C66H81FN12O16. The molecule has 4 aromatic rings. The predicted octanol–water partition coefficient (Wildman–Crippen LogP) is 2.32. The molecule has 2 aromatic carbocycles. The number of hydrogen-bond acceptors (Lipinski definition) is 17. The Balaban J connectivity index is 0.975. The molecule has 5 N–H and O–H groups in total. The van der Waals surface area contributed by atoms with Gasteiger partial charge in [0.1, 0.15) is 31.1 Å². The summed E-state index contributed by atoms with van der Waals surface area (Å²) >= 11 is 0. The lowest BCUT2D eigenvalue weighted by Gasteiger charge is -2.31. The van der Waals surface area contributed by atoms with Crippen molar-refractivity contribution in [2.45, 2.75) is 137 Å². The van der Waals surface area contributed by atoms with Crippen LogP contribution in [0.3, 0.4) is 0 Å². The Hall–Kier alpha value is -9.93. The number of unbranched alkanes of at least 4 members (excludes halogenated alkanes) is 2. The van der Waals surface area contributed by atoms with Crippen LogP contribution in [0.5, 0.6) is 0 Å². The first-order valence-electron chi connectivity index (χ1n) is 31.3. The Bertz CT molecular complexity index is 3910. The van der Waals surface area contributed by atoms with Gasteiger partial charge in [-0.3, -0.25) is 57.6 Å². The number of pyridine rings is 2. The molecule has 508 valence electrons. The van der Waals surface area contributed by atoms with Crippen molar-refractivity contribution in [3.8, 4) is 11.4 Å². The number of anilines is 1. The number of cyclic esters (lactones) is 1. The smallest absolute Gasteiger partial charge is 0.407 e. The van der Waals surface area contributed by atoms with E-state index in [0.29, 0.717) is 70.1 Å². The molecule has 0 saturated heterocycles. The number of aryl methyl sites for hydroxylation is 1. The molecule has 0 saturated carbocycles. The number of benzene rings is 2. The highest BCUT2D eigenvalue weighted by Gasteiger charge is 2.46. The minimum absolute atomic E-state index is 0.0148. The highest BCUT2D eigenvalue weighted by atomic mass is 19.1. The molecule has 4 aliphatic rings. The van der Waals surface area contributed by atoms with E-state index < -0.39 is 114 Å². The fourth-order valence-corrected chi connectivity index (χ4v) is 11.8. The van der Waals surface area contributed by atoms with Gasteiger partial charge in [-0.1, -0.05) is 33.3 Å². The van der Waals surface area contributed by atoms with Crippen molar-refractivity contribution in [2.24, 2.45) is 5.92 Å². The number of fused-ring (bicyclic) bond motifs is 5. The van der Waals surface area contributed by atoms with Crippen LogP contribution in [0, 0.1) is 18.7 Å². The van der Waals surface area contributed by atoms with Crippen molar-refractivity contribution in [3.63, 3.8) is 0 Å². The van der Waals surface area contributed by atoms with E-state index in [1.54, 1.807) is 39.8 Å². The molecule has 5 heterocycles. The topological polar surface area (TPSA) is 346 Å². The number of carbonyl (C=O) groups excluding carboxylic acids is 12. The summed E-state index contributed by atoms with van der Waals surface area (Å²) in [4.78, 5) is 182. The number of nitrogens with one attached hydrogen (secondary N) is 4. The number of imide groups is 1. The Morgan fingerprint density at radius 2 is 1.40 bits per heavy atom. The maximum absolute atomic E-state index is 15.7. The number of rotatable bonds is 26. The van der Waals surface area contributed by atoms with Gasteiger partial charge in [0.25, 0.3) is 17.4 Å². The van der Waals surface area contributed by atoms with Crippen molar-refractivity contribution in [1.82, 2.24) is 54.9 Å². The number of aliphatic hydroxyl groups is 1. The van der Waals surface area contributed by atoms with Crippen LogP contribution < -0.4 is 26.8 Å². The quantitative estimate of drug-likeness (QED) is 0.0301. The van der Waals surface area contributed by atoms with Crippen LogP contribution in [0.25, 0.3) is 22.3 Å². The molecular weight excluding hydrogens is 1240 g/mol. The Morgan fingerprint density at radius 1 is 0.779 bits per heavy atom. The third kappa shape index (κ3) is 15.7. The van der Waals surface area contributed by atoms with E-state index in [1.165, 1.54) is 93.8 Å². The van der Waals surface area contributed by atoms with Gasteiger partial charge in [0.05, 0.1) is 61.2 Å². The van der Waals surface area contributed by atoms with Crippen molar-refractivity contribution in [3.05, 3.63) is 103 Å². The van der Waals surface area contributed by atoms with Crippen LogP contribution in [0.4, 0.5) is 14.9 Å². The molecule has 8 rings (SSSR count). The van der Waals surface area contributed by atoms with Crippen molar-refractivity contribution in [1.29, 1.82) is 0 Å². The van der Waals surface area contributed by atoms with E-state index >= 15 is 4.39 Å². The molecule has 0 fully saturated rings. The van der Waals surface area contributed by atoms with Crippen LogP contribution in [-0.2, 0) is 101 Å². The Morgan fingerprint density at radius 3 is 2.01 bits per heavy atom. The highest BCUT2D eigenvalue weighted by molar-refractivity contribution is 6.13. The van der Waals surface area contributed by atoms with Gasteiger partial charge in [0, 0.05) is 102 Å². The number of esters is 1.